The highest BCUT2D eigenvalue weighted by Gasteiger charge is 2.27. The molecule has 0 saturated heterocycles. The smallest absolute Gasteiger partial charge is 0.322 e. The fourth-order valence-corrected chi connectivity index (χ4v) is 3.60. The lowest BCUT2D eigenvalue weighted by atomic mass is 10.1. The van der Waals surface area contributed by atoms with E-state index in [4.69, 9.17) is 0 Å². The molecule has 2 aromatic rings. The van der Waals surface area contributed by atoms with Crippen LogP contribution in [-0.4, -0.2) is 40.1 Å². The lowest BCUT2D eigenvalue weighted by molar-refractivity contribution is 0.116. The van der Waals surface area contributed by atoms with Gasteiger partial charge in [-0.15, -0.1) is 0 Å². The number of aliphatic hydroxyl groups is 1. The van der Waals surface area contributed by atoms with E-state index in [9.17, 15) is 9.90 Å². The van der Waals surface area contributed by atoms with Crippen molar-refractivity contribution in [3.05, 3.63) is 36.4 Å². The predicted octanol–water partition coefficient (Wildman–Crippen LogP) is 3.43. The number of hydrogen-bond donors (Lipinski definition) is 2. The van der Waals surface area contributed by atoms with Gasteiger partial charge in [-0.3, -0.25) is 5.32 Å². The number of benzene rings is 1. The number of nitrogens with one attached hydrogen (secondary N) is 1. The molecule has 122 valence electrons. The molecule has 2 N–H and O–H groups in total. The summed E-state index contributed by atoms with van der Waals surface area (Å²) in [5, 5.41) is 13.5. The Morgan fingerprint density at radius 2 is 2.17 bits per heavy atom. The first kappa shape index (κ1) is 16.0. The normalized spacial score (nSPS) is 20.4. The average Bonchev–Trinajstić information content (AvgIpc) is 3.18. The summed E-state index contributed by atoms with van der Waals surface area (Å²) in [5.74, 6) is 0.187. The summed E-state index contributed by atoms with van der Waals surface area (Å²) in [4.78, 5) is 13.9. The van der Waals surface area contributed by atoms with Crippen LogP contribution in [0, 0.1) is 5.92 Å². The number of carbonyl (C=O) groups is 1. The molecular formula is C17H21N3O2S. The number of nitrogens with zero attached hydrogens (tertiary/aromatic N) is 2. The highest BCUT2D eigenvalue weighted by molar-refractivity contribution is 7.10. The summed E-state index contributed by atoms with van der Waals surface area (Å²) in [5.41, 5.74) is 1.89. The third-order valence-electron chi connectivity index (χ3n) is 4.28. The number of urea groups is 1. The molecule has 5 nitrogen and oxygen atoms in total. The van der Waals surface area contributed by atoms with Gasteiger partial charge in [0.2, 0.25) is 0 Å². The number of hydrogen-bond acceptors (Lipinski definition) is 4. The quantitative estimate of drug-likeness (QED) is 0.902. The van der Waals surface area contributed by atoms with Gasteiger partial charge in [0, 0.05) is 31.1 Å². The van der Waals surface area contributed by atoms with Crippen LogP contribution >= 0.6 is 11.5 Å². The molecule has 23 heavy (non-hydrogen) atoms. The van der Waals surface area contributed by atoms with Crippen molar-refractivity contribution in [2.24, 2.45) is 5.92 Å². The van der Waals surface area contributed by atoms with Gasteiger partial charge in [0.15, 0.2) is 0 Å². The van der Waals surface area contributed by atoms with Crippen LogP contribution < -0.4 is 5.32 Å². The van der Waals surface area contributed by atoms with Gasteiger partial charge in [0.25, 0.3) is 0 Å². The molecule has 6 heteroatoms. The van der Waals surface area contributed by atoms with Gasteiger partial charge >= 0.3 is 6.03 Å². The minimum atomic E-state index is -0.279. The maximum atomic E-state index is 12.3. The Balaban J connectivity index is 1.58. The molecule has 1 saturated carbocycles. The number of rotatable bonds is 4. The molecule has 3 rings (SSSR count). The van der Waals surface area contributed by atoms with Crippen molar-refractivity contribution in [3.8, 4) is 11.3 Å². The van der Waals surface area contributed by atoms with Gasteiger partial charge in [0.1, 0.15) is 5.00 Å². The molecule has 1 fully saturated rings. The minimum absolute atomic E-state index is 0.160. The van der Waals surface area contributed by atoms with Gasteiger partial charge in [0.05, 0.1) is 11.8 Å². The number of aliphatic hydroxyl groups excluding tert-OH is 1. The molecule has 0 aliphatic heterocycles. The third kappa shape index (κ3) is 3.89. The SMILES string of the molecule is CN(CC1CCCC1O)C(=O)Nc1cc(-c2ccccc2)ns1. The zero-order chi connectivity index (χ0) is 16.2. The van der Waals surface area contributed by atoms with E-state index in [1.165, 1.54) is 11.5 Å². The standard InChI is InChI=1S/C17H21N3O2S/c1-20(11-13-8-5-9-15(13)21)17(22)18-16-10-14(19-23-16)12-6-3-2-4-7-12/h2-4,6-7,10,13,15,21H,5,8-9,11H2,1H3,(H,18,22). The van der Waals surface area contributed by atoms with E-state index in [2.05, 4.69) is 9.69 Å². The summed E-state index contributed by atoms with van der Waals surface area (Å²) in [7, 11) is 1.76. The Morgan fingerprint density at radius 1 is 1.39 bits per heavy atom. The number of aromatic nitrogens is 1. The van der Waals surface area contributed by atoms with Gasteiger partial charge in [-0.25, -0.2) is 4.79 Å². The van der Waals surface area contributed by atoms with Gasteiger partial charge in [-0.2, -0.15) is 4.37 Å². The fourth-order valence-electron chi connectivity index (χ4n) is 2.94. The Bertz CT molecular complexity index is 659. The molecule has 2 unspecified atom stereocenters. The average molecular weight is 331 g/mol. The van der Waals surface area contributed by atoms with Gasteiger partial charge in [-0.1, -0.05) is 36.8 Å². The van der Waals surface area contributed by atoms with Crippen molar-refractivity contribution in [2.75, 3.05) is 18.9 Å². The fraction of sp³-hybridized carbons (Fsp3) is 0.412. The minimum Gasteiger partial charge on any atom is -0.393 e. The van der Waals surface area contributed by atoms with E-state index in [1.54, 1.807) is 11.9 Å². The largest absolute Gasteiger partial charge is 0.393 e. The maximum absolute atomic E-state index is 12.3. The van der Waals surface area contributed by atoms with Gasteiger partial charge < -0.3 is 10.0 Å². The monoisotopic (exact) mass is 331 g/mol. The van der Waals surface area contributed by atoms with Crippen molar-refractivity contribution in [1.82, 2.24) is 9.27 Å². The molecule has 1 aliphatic carbocycles. The summed E-state index contributed by atoms with van der Waals surface area (Å²) >= 11 is 1.28. The van der Waals surface area contributed by atoms with Crippen LogP contribution in [0.5, 0.6) is 0 Å². The van der Waals surface area contributed by atoms with E-state index in [-0.39, 0.29) is 18.1 Å². The number of amides is 2. The van der Waals surface area contributed by atoms with Crippen molar-refractivity contribution in [2.45, 2.75) is 25.4 Å². The summed E-state index contributed by atoms with van der Waals surface area (Å²) in [6.07, 6.45) is 2.59. The van der Waals surface area contributed by atoms with E-state index >= 15 is 0 Å². The number of carbonyl (C=O) groups excluding carboxylic acids is 1. The van der Waals surface area contributed by atoms with Crippen LogP contribution in [0.1, 0.15) is 19.3 Å². The van der Waals surface area contributed by atoms with E-state index in [0.29, 0.717) is 6.54 Å². The molecular weight excluding hydrogens is 310 g/mol. The van der Waals surface area contributed by atoms with Crippen molar-refractivity contribution in [1.29, 1.82) is 0 Å². The van der Waals surface area contributed by atoms with Gasteiger partial charge in [-0.05, 0) is 24.4 Å². The first-order valence-corrected chi connectivity index (χ1v) is 8.63. The van der Waals surface area contributed by atoms with E-state index in [0.717, 1.165) is 35.5 Å². The molecule has 2 atom stereocenters. The van der Waals surface area contributed by atoms with Crippen LogP contribution in [0.3, 0.4) is 0 Å². The molecule has 0 radical (unpaired) electrons. The zero-order valence-electron chi connectivity index (χ0n) is 13.1. The van der Waals surface area contributed by atoms with Crippen LogP contribution in [0.4, 0.5) is 9.80 Å². The topological polar surface area (TPSA) is 65.5 Å². The highest BCUT2D eigenvalue weighted by Crippen LogP contribution is 2.27. The predicted molar refractivity (Wildman–Crippen MR) is 92.5 cm³/mol. The summed E-state index contributed by atoms with van der Waals surface area (Å²) in [6.45, 7) is 0.581. The first-order valence-electron chi connectivity index (χ1n) is 7.86. The Hall–Kier alpha value is -1.92. The number of anilines is 1. The Kier molecular flexibility index (Phi) is 4.93. The van der Waals surface area contributed by atoms with Crippen LogP contribution in [0.25, 0.3) is 11.3 Å². The zero-order valence-corrected chi connectivity index (χ0v) is 13.9. The maximum Gasteiger partial charge on any atom is 0.322 e. The lowest BCUT2D eigenvalue weighted by Crippen LogP contribution is -2.37. The first-order chi connectivity index (χ1) is 11.1. The van der Waals surface area contributed by atoms with E-state index in [1.807, 2.05) is 36.4 Å². The Morgan fingerprint density at radius 3 is 2.87 bits per heavy atom. The van der Waals surface area contributed by atoms with Crippen LogP contribution in [-0.2, 0) is 0 Å². The van der Waals surface area contributed by atoms with Crippen molar-refractivity contribution >= 4 is 22.6 Å². The molecule has 1 aliphatic rings. The summed E-state index contributed by atoms with van der Waals surface area (Å²) in [6, 6.07) is 11.6. The highest BCUT2D eigenvalue weighted by atomic mass is 32.1. The molecule has 0 spiro atoms. The van der Waals surface area contributed by atoms with E-state index < -0.39 is 0 Å². The molecule has 1 aromatic carbocycles. The van der Waals surface area contributed by atoms with Crippen molar-refractivity contribution < 1.29 is 9.90 Å². The second-order valence-electron chi connectivity index (χ2n) is 6.01. The molecule has 2 amide bonds. The van der Waals surface area contributed by atoms with Crippen LogP contribution in [0.15, 0.2) is 36.4 Å². The Labute approximate surface area is 140 Å². The molecule has 1 aromatic heterocycles. The second kappa shape index (κ2) is 7.10. The molecule has 0 bridgehead atoms. The van der Waals surface area contributed by atoms with Crippen molar-refractivity contribution in [3.63, 3.8) is 0 Å². The molecule has 1 heterocycles. The van der Waals surface area contributed by atoms with Crippen LogP contribution in [0.2, 0.25) is 0 Å². The summed E-state index contributed by atoms with van der Waals surface area (Å²) < 4.78 is 4.38. The second-order valence-corrected chi connectivity index (χ2v) is 6.82. The lowest BCUT2D eigenvalue weighted by Gasteiger charge is -2.23. The third-order valence-corrected chi connectivity index (χ3v) is 4.99.